The molecular formula is C27H32ClFN4O4. The Hall–Kier alpha value is -3.33. The van der Waals surface area contributed by atoms with Crippen LogP contribution in [0.5, 0.6) is 11.5 Å². The molecule has 1 fully saturated rings. The first kappa shape index (κ1) is 26.7. The van der Waals surface area contributed by atoms with Gasteiger partial charge in [0.15, 0.2) is 11.5 Å². The molecule has 37 heavy (non-hydrogen) atoms. The molecule has 0 bridgehead atoms. The minimum atomic E-state index is -0.529. The van der Waals surface area contributed by atoms with E-state index >= 15 is 0 Å². The van der Waals surface area contributed by atoms with E-state index in [2.05, 4.69) is 15.3 Å². The van der Waals surface area contributed by atoms with Crippen molar-refractivity contribution in [2.75, 3.05) is 19.5 Å². The maximum atomic E-state index is 13.6. The van der Waals surface area contributed by atoms with Gasteiger partial charge in [0.1, 0.15) is 23.6 Å². The van der Waals surface area contributed by atoms with Crippen molar-refractivity contribution in [3.05, 3.63) is 47.5 Å². The number of ether oxygens (including phenoxy) is 3. The van der Waals surface area contributed by atoms with E-state index in [1.54, 1.807) is 31.2 Å². The van der Waals surface area contributed by atoms with Gasteiger partial charge in [-0.05, 0) is 70.7 Å². The van der Waals surface area contributed by atoms with Crippen molar-refractivity contribution >= 4 is 40.1 Å². The highest BCUT2D eigenvalue weighted by atomic mass is 35.5. The normalized spacial score (nSPS) is 17.8. The van der Waals surface area contributed by atoms with Crippen LogP contribution in [0.1, 0.15) is 46.5 Å². The highest BCUT2D eigenvalue weighted by molar-refractivity contribution is 6.31. The molecule has 0 spiro atoms. The Morgan fingerprint density at radius 3 is 2.49 bits per heavy atom. The van der Waals surface area contributed by atoms with E-state index in [-0.39, 0.29) is 23.3 Å². The van der Waals surface area contributed by atoms with E-state index in [9.17, 15) is 9.18 Å². The molecule has 0 aliphatic heterocycles. The Morgan fingerprint density at radius 1 is 1.11 bits per heavy atom. The van der Waals surface area contributed by atoms with Crippen LogP contribution in [-0.2, 0) is 4.74 Å². The number of fused-ring (bicyclic) bond motifs is 1. The van der Waals surface area contributed by atoms with Gasteiger partial charge in [-0.3, -0.25) is 0 Å². The fraction of sp³-hybridized carbons (Fsp3) is 0.444. The van der Waals surface area contributed by atoms with Gasteiger partial charge in [-0.2, -0.15) is 0 Å². The number of anilines is 2. The molecule has 3 aromatic rings. The first-order valence-corrected chi connectivity index (χ1v) is 12.6. The number of nitrogens with one attached hydrogen (secondary N) is 1. The maximum Gasteiger partial charge on any atom is 0.410 e. The number of methoxy groups -OCH3 is 1. The summed E-state index contributed by atoms with van der Waals surface area (Å²) in [6.45, 7) is 5.59. The first-order chi connectivity index (χ1) is 17.5. The molecular weight excluding hydrogens is 499 g/mol. The molecule has 1 heterocycles. The number of rotatable bonds is 6. The second-order valence-electron chi connectivity index (χ2n) is 10.1. The second kappa shape index (κ2) is 11.0. The smallest absolute Gasteiger partial charge is 0.410 e. The predicted molar refractivity (Wildman–Crippen MR) is 141 cm³/mol. The van der Waals surface area contributed by atoms with Crippen LogP contribution in [0, 0.1) is 5.82 Å². The van der Waals surface area contributed by atoms with Crippen molar-refractivity contribution in [2.45, 2.75) is 64.2 Å². The van der Waals surface area contributed by atoms with Crippen LogP contribution in [0.15, 0.2) is 36.7 Å². The zero-order chi connectivity index (χ0) is 26.7. The van der Waals surface area contributed by atoms with Crippen molar-refractivity contribution in [3.63, 3.8) is 0 Å². The summed E-state index contributed by atoms with van der Waals surface area (Å²) in [5, 5.41) is 3.92. The third-order valence-corrected chi connectivity index (χ3v) is 6.56. The van der Waals surface area contributed by atoms with Crippen LogP contribution >= 0.6 is 11.6 Å². The Balaban J connectivity index is 1.49. The van der Waals surface area contributed by atoms with Gasteiger partial charge in [0.2, 0.25) is 0 Å². The Kier molecular flexibility index (Phi) is 7.92. The Morgan fingerprint density at radius 2 is 1.84 bits per heavy atom. The quantitative estimate of drug-likeness (QED) is 0.378. The van der Waals surface area contributed by atoms with Crippen LogP contribution in [0.3, 0.4) is 0 Å². The van der Waals surface area contributed by atoms with E-state index in [0.29, 0.717) is 28.5 Å². The van der Waals surface area contributed by atoms with Crippen molar-refractivity contribution in [1.82, 2.24) is 14.9 Å². The summed E-state index contributed by atoms with van der Waals surface area (Å²) in [6, 6.07) is 8.13. The molecule has 1 N–H and O–H groups in total. The molecule has 4 rings (SSSR count). The molecule has 2 aromatic carbocycles. The molecule has 0 saturated heterocycles. The van der Waals surface area contributed by atoms with Crippen LogP contribution in [0.2, 0.25) is 5.02 Å². The van der Waals surface area contributed by atoms with E-state index in [4.69, 9.17) is 25.8 Å². The fourth-order valence-corrected chi connectivity index (χ4v) is 4.52. The van der Waals surface area contributed by atoms with Crippen LogP contribution in [0.25, 0.3) is 10.9 Å². The standard InChI is InChI=1S/C27H32ClFN4O4/c1-27(2,3)37-26(34)33(4)17-7-9-18(10-8-17)36-24-13-19-22(14-23(24)35-5)30-15-31-25(19)32-16-6-11-21(29)20(28)12-16/h6,11-15,17-18H,7-10H2,1-5H3,(H,30,31,32)/t17-,18+. The van der Waals surface area contributed by atoms with Gasteiger partial charge in [0.05, 0.1) is 23.8 Å². The van der Waals surface area contributed by atoms with Gasteiger partial charge in [-0.1, -0.05) is 11.6 Å². The van der Waals surface area contributed by atoms with E-state index < -0.39 is 11.4 Å². The first-order valence-electron chi connectivity index (χ1n) is 12.2. The fourth-order valence-electron chi connectivity index (χ4n) is 4.34. The minimum Gasteiger partial charge on any atom is -0.493 e. The van der Waals surface area contributed by atoms with Gasteiger partial charge in [0.25, 0.3) is 0 Å². The third-order valence-electron chi connectivity index (χ3n) is 6.27. The maximum absolute atomic E-state index is 13.6. The number of benzene rings is 2. The van der Waals surface area contributed by atoms with Crippen LogP contribution in [0.4, 0.5) is 20.7 Å². The molecule has 0 unspecified atom stereocenters. The zero-order valence-electron chi connectivity index (χ0n) is 21.7. The molecule has 0 radical (unpaired) electrons. The summed E-state index contributed by atoms with van der Waals surface area (Å²) < 4.78 is 31.1. The summed E-state index contributed by atoms with van der Waals surface area (Å²) >= 11 is 5.93. The Bertz CT molecular complexity index is 1280. The summed E-state index contributed by atoms with van der Waals surface area (Å²) in [4.78, 5) is 22.9. The molecule has 10 heteroatoms. The number of hydrogen-bond acceptors (Lipinski definition) is 7. The van der Waals surface area contributed by atoms with Crippen molar-refractivity contribution in [1.29, 1.82) is 0 Å². The number of aromatic nitrogens is 2. The van der Waals surface area contributed by atoms with Gasteiger partial charge in [-0.15, -0.1) is 0 Å². The van der Waals surface area contributed by atoms with Crippen molar-refractivity contribution < 1.29 is 23.4 Å². The molecule has 1 aliphatic rings. The molecule has 1 aromatic heterocycles. The minimum absolute atomic E-state index is 0.0157. The molecule has 1 amide bonds. The highest BCUT2D eigenvalue weighted by Gasteiger charge is 2.30. The number of halogens is 2. The van der Waals surface area contributed by atoms with Crippen molar-refractivity contribution in [3.8, 4) is 11.5 Å². The molecule has 198 valence electrons. The topological polar surface area (TPSA) is 85.8 Å². The lowest BCUT2D eigenvalue weighted by Crippen LogP contribution is -2.43. The van der Waals surface area contributed by atoms with Gasteiger partial charge in [0, 0.05) is 30.2 Å². The molecule has 1 saturated carbocycles. The van der Waals surface area contributed by atoms with Gasteiger partial charge in [-0.25, -0.2) is 19.2 Å². The monoisotopic (exact) mass is 530 g/mol. The second-order valence-corrected chi connectivity index (χ2v) is 10.5. The number of nitrogens with zero attached hydrogens (tertiary/aromatic N) is 3. The number of hydrogen-bond donors (Lipinski definition) is 1. The Labute approximate surface area is 221 Å². The average Bonchev–Trinajstić information content (AvgIpc) is 2.85. The SMILES string of the molecule is COc1cc2ncnc(Nc3ccc(F)c(Cl)c3)c2cc1O[C@H]1CC[C@@H](N(C)C(=O)OC(C)(C)C)CC1. The number of carbonyl (C=O) groups excluding carboxylic acids is 1. The lowest BCUT2D eigenvalue weighted by atomic mass is 9.92. The third kappa shape index (κ3) is 6.52. The number of amides is 1. The predicted octanol–water partition coefficient (Wildman–Crippen LogP) is 6.73. The zero-order valence-corrected chi connectivity index (χ0v) is 22.4. The van der Waals surface area contributed by atoms with Crippen LogP contribution in [-0.4, -0.2) is 52.9 Å². The summed E-state index contributed by atoms with van der Waals surface area (Å²) in [5.41, 5.74) is 0.730. The number of carbonyl (C=O) groups is 1. The van der Waals surface area contributed by atoms with Crippen molar-refractivity contribution in [2.24, 2.45) is 0 Å². The highest BCUT2D eigenvalue weighted by Crippen LogP contribution is 2.37. The lowest BCUT2D eigenvalue weighted by molar-refractivity contribution is 0.0138. The van der Waals surface area contributed by atoms with Crippen LogP contribution < -0.4 is 14.8 Å². The van der Waals surface area contributed by atoms with Gasteiger partial charge >= 0.3 is 6.09 Å². The molecule has 0 atom stereocenters. The summed E-state index contributed by atoms with van der Waals surface area (Å²) in [6.07, 6.45) is 4.27. The van der Waals surface area contributed by atoms with Gasteiger partial charge < -0.3 is 24.4 Å². The molecule has 1 aliphatic carbocycles. The van der Waals surface area contributed by atoms with E-state index in [1.165, 1.54) is 18.5 Å². The lowest BCUT2D eigenvalue weighted by Gasteiger charge is -2.35. The summed E-state index contributed by atoms with van der Waals surface area (Å²) in [5.74, 6) is 1.18. The summed E-state index contributed by atoms with van der Waals surface area (Å²) in [7, 11) is 3.37. The van der Waals surface area contributed by atoms with E-state index in [1.807, 2.05) is 26.8 Å². The molecule has 8 nitrogen and oxygen atoms in total. The largest absolute Gasteiger partial charge is 0.493 e. The van der Waals surface area contributed by atoms with E-state index in [0.717, 1.165) is 31.1 Å². The average molecular weight is 531 g/mol.